The SMILES string of the molecule is CC(=O)[C@H](C)NC(=O)[C@H](C)NC(=O)CCN1CC=CC1=O. The van der Waals surface area contributed by atoms with Gasteiger partial charge in [-0.15, -0.1) is 0 Å². The average Bonchev–Trinajstić information content (AvgIpc) is 2.81. The van der Waals surface area contributed by atoms with Crippen molar-refractivity contribution in [1.82, 2.24) is 15.5 Å². The van der Waals surface area contributed by atoms with Crippen molar-refractivity contribution >= 4 is 23.5 Å². The van der Waals surface area contributed by atoms with Crippen molar-refractivity contribution < 1.29 is 19.2 Å². The van der Waals surface area contributed by atoms with Gasteiger partial charge in [-0.25, -0.2) is 0 Å². The standard InChI is InChI=1S/C14H21N3O4/c1-9(11(3)18)16-14(21)10(2)15-12(19)6-8-17-7-4-5-13(17)20/h4-5,9-10H,6-8H2,1-3H3,(H,15,19)(H,16,21)/t9-,10-/m0/s1. The fourth-order valence-electron chi connectivity index (χ4n) is 1.73. The largest absolute Gasteiger partial charge is 0.345 e. The molecule has 0 aromatic carbocycles. The lowest BCUT2D eigenvalue weighted by Crippen LogP contribution is -2.49. The minimum Gasteiger partial charge on any atom is -0.345 e. The molecule has 2 N–H and O–H groups in total. The Bertz CT molecular complexity index is 473. The fourth-order valence-corrected chi connectivity index (χ4v) is 1.73. The summed E-state index contributed by atoms with van der Waals surface area (Å²) in [6, 6.07) is -1.31. The molecule has 7 nitrogen and oxygen atoms in total. The minimum atomic E-state index is -0.730. The topological polar surface area (TPSA) is 95.6 Å². The quantitative estimate of drug-likeness (QED) is 0.654. The Morgan fingerprint density at radius 1 is 1.24 bits per heavy atom. The summed E-state index contributed by atoms with van der Waals surface area (Å²) in [6.07, 6.45) is 3.34. The fraction of sp³-hybridized carbons (Fsp3) is 0.571. The monoisotopic (exact) mass is 295 g/mol. The van der Waals surface area contributed by atoms with E-state index in [1.807, 2.05) is 0 Å². The molecule has 1 rings (SSSR count). The van der Waals surface area contributed by atoms with Crippen LogP contribution in [0.1, 0.15) is 27.2 Å². The highest BCUT2D eigenvalue weighted by atomic mass is 16.2. The van der Waals surface area contributed by atoms with Crippen LogP contribution in [0.2, 0.25) is 0 Å². The Morgan fingerprint density at radius 2 is 1.90 bits per heavy atom. The lowest BCUT2D eigenvalue weighted by molar-refractivity contribution is -0.131. The van der Waals surface area contributed by atoms with Gasteiger partial charge in [-0.3, -0.25) is 19.2 Å². The van der Waals surface area contributed by atoms with Gasteiger partial charge >= 0.3 is 0 Å². The van der Waals surface area contributed by atoms with Crippen molar-refractivity contribution in [3.63, 3.8) is 0 Å². The van der Waals surface area contributed by atoms with Gasteiger partial charge in [-0.05, 0) is 20.8 Å². The van der Waals surface area contributed by atoms with Crippen LogP contribution in [-0.2, 0) is 19.2 Å². The number of amides is 3. The number of nitrogens with zero attached hydrogens (tertiary/aromatic N) is 1. The number of hydrogen-bond donors (Lipinski definition) is 2. The van der Waals surface area contributed by atoms with Gasteiger partial charge in [0.05, 0.1) is 6.04 Å². The molecule has 1 heterocycles. The van der Waals surface area contributed by atoms with Crippen LogP contribution in [0, 0.1) is 0 Å². The van der Waals surface area contributed by atoms with E-state index in [-0.39, 0.29) is 24.0 Å². The van der Waals surface area contributed by atoms with Gasteiger partial charge in [0.2, 0.25) is 17.7 Å². The van der Waals surface area contributed by atoms with Crippen LogP contribution >= 0.6 is 0 Å². The molecular formula is C14H21N3O4. The zero-order chi connectivity index (χ0) is 16.0. The van der Waals surface area contributed by atoms with Crippen LogP contribution < -0.4 is 10.6 Å². The molecule has 1 aliphatic heterocycles. The van der Waals surface area contributed by atoms with Gasteiger partial charge < -0.3 is 15.5 Å². The smallest absolute Gasteiger partial charge is 0.246 e. The van der Waals surface area contributed by atoms with Crippen molar-refractivity contribution in [3.05, 3.63) is 12.2 Å². The molecule has 0 aromatic heterocycles. The summed E-state index contributed by atoms with van der Waals surface area (Å²) in [4.78, 5) is 47.4. The third-order valence-corrected chi connectivity index (χ3v) is 3.25. The van der Waals surface area contributed by atoms with Crippen molar-refractivity contribution in [2.75, 3.05) is 13.1 Å². The molecule has 0 radical (unpaired) electrons. The molecule has 0 spiro atoms. The van der Waals surface area contributed by atoms with E-state index in [9.17, 15) is 19.2 Å². The summed E-state index contributed by atoms with van der Waals surface area (Å²) in [5.41, 5.74) is 0. The van der Waals surface area contributed by atoms with E-state index < -0.39 is 18.0 Å². The molecule has 21 heavy (non-hydrogen) atoms. The molecule has 0 fully saturated rings. The first-order chi connectivity index (χ1) is 9.81. The maximum atomic E-state index is 11.8. The second-order valence-corrected chi connectivity index (χ2v) is 5.07. The van der Waals surface area contributed by atoms with E-state index in [0.29, 0.717) is 13.1 Å². The summed E-state index contributed by atoms with van der Waals surface area (Å²) < 4.78 is 0. The van der Waals surface area contributed by atoms with E-state index in [4.69, 9.17) is 0 Å². The molecule has 0 saturated heterocycles. The summed E-state index contributed by atoms with van der Waals surface area (Å²) in [7, 11) is 0. The van der Waals surface area contributed by atoms with Gasteiger partial charge in [-0.1, -0.05) is 6.08 Å². The van der Waals surface area contributed by atoms with Crippen LogP contribution in [0.15, 0.2) is 12.2 Å². The average molecular weight is 295 g/mol. The lowest BCUT2D eigenvalue weighted by atomic mass is 10.2. The molecule has 0 saturated carbocycles. The zero-order valence-electron chi connectivity index (χ0n) is 12.5. The number of nitrogens with one attached hydrogen (secondary N) is 2. The Morgan fingerprint density at radius 3 is 2.43 bits per heavy atom. The van der Waals surface area contributed by atoms with Crippen molar-refractivity contribution in [1.29, 1.82) is 0 Å². The van der Waals surface area contributed by atoms with Crippen molar-refractivity contribution in [3.8, 4) is 0 Å². The first kappa shape index (κ1) is 16.9. The van der Waals surface area contributed by atoms with Crippen LogP contribution in [-0.4, -0.2) is 53.6 Å². The number of ketones is 1. The van der Waals surface area contributed by atoms with Gasteiger partial charge in [0.1, 0.15) is 6.04 Å². The second kappa shape index (κ2) is 7.56. The Labute approximate surface area is 123 Å². The Hall–Kier alpha value is -2.18. The second-order valence-electron chi connectivity index (χ2n) is 5.07. The third kappa shape index (κ3) is 5.37. The molecule has 0 unspecified atom stereocenters. The molecule has 1 aliphatic rings. The highest BCUT2D eigenvalue weighted by Gasteiger charge is 2.20. The summed E-state index contributed by atoms with van der Waals surface area (Å²) in [5.74, 6) is -0.983. The zero-order valence-corrected chi connectivity index (χ0v) is 12.5. The molecular weight excluding hydrogens is 274 g/mol. The van der Waals surface area contributed by atoms with Gasteiger partial charge in [-0.2, -0.15) is 0 Å². The van der Waals surface area contributed by atoms with Gasteiger partial charge in [0.25, 0.3) is 0 Å². The summed E-state index contributed by atoms with van der Waals surface area (Å²) in [5, 5.41) is 5.05. The number of Topliss-reactive ketones (excluding diaryl/α,β-unsaturated/α-hetero) is 1. The predicted molar refractivity (Wildman–Crippen MR) is 76.2 cm³/mol. The number of hydrogen-bond acceptors (Lipinski definition) is 4. The van der Waals surface area contributed by atoms with Crippen molar-refractivity contribution in [2.45, 2.75) is 39.3 Å². The number of carbonyl (C=O) groups is 4. The first-order valence-electron chi connectivity index (χ1n) is 6.87. The number of carbonyl (C=O) groups excluding carboxylic acids is 4. The molecule has 0 aromatic rings. The molecule has 7 heteroatoms. The maximum absolute atomic E-state index is 11.8. The molecule has 0 aliphatic carbocycles. The van der Waals surface area contributed by atoms with E-state index in [2.05, 4.69) is 10.6 Å². The summed E-state index contributed by atoms with van der Waals surface area (Å²) >= 11 is 0. The summed E-state index contributed by atoms with van der Waals surface area (Å²) in [6.45, 7) is 5.34. The predicted octanol–water partition coefficient (Wildman–Crippen LogP) is -0.627. The van der Waals surface area contributed by atoms with Crippen LogP contribution in [0.3, 0.4) is 0 Å². The Balaban J connectivity index is 2.31. The van der Waals surface area contributed by atoms with Gasteiger partial charge in [0.15, 0.2) is 5.78 Å². The lowest BCUT2D eigenvalue weighted by Gasteiger charge is -2.18. The molecule has 2 atom stereocenters. The Kier molecular flexibility index (Phi) is 6.08. The van der Waals surface area contributed by atoms with Crippen LogP contribution in [0.25, 0.3) is 0 Å². The first-order valence-corrected chi connectivity index (χ1v) is 6.87. The molecule has 116 valence electrons. The van der Waals surface area contributed by atoms with E-state index >= 15 is 0 Å². The van der Waals surface area contributed by atoms with Gasteiger partial charge in [0, 0.05) is 25.6 Å². The highest BCUT2D eigenvalue weighted by Crippen LogP contribution is 2.02. The van der Waals surface area contributed by atoms with E-state index in [1.165, 1.54) is 13.0 Å². The van der Waals surface area contributed by atoms with E-state index in [0.717, 1.165) is 0 Å². The maximum Gasteiger partial charge on any atom is 0.246 e. The minimum absolute atomic E-state index is 0.108. The molecule has 0 bridgehead atoms. The third-order valence-electron chi connectivity index (χ3n) is 3.25. The van der Waals surface area contributed by atoms with E-state index in [1.54, 1.807) is 24.8 Å². The molecule has 3 amide bonds. The van der Waals surface area contributed by atoms with Crippen LogP contribution in [0.5, 0.6) is 0 Å². The van der Waals surface area contributed by atoms with Crippen molar-refractivity contribution in [2.24, 2.45) is 0 Å². The highest BCUT2D eigenvalue weighted by molar-refractivity contribution is 5.92. The number of rotatable bonds is 7. The van der Waals surface area contributed by atoms with Crippen LogP contribution in [0.4, 0.5) is 0 Å². The normalized spacial score (nSPS) is 16.5.